The fourth-order valence-corrected chi connectivity index (χ4v) is 2.53. The molecular formula is C15H28N2O3. The molecule has 0 aromatic heterocycles. The summed E-state index contributed by atoms with van der Waals surface area (Å²) in [5.41, 5.74) is 0. The monoisotopic (exact) mass is 284 g/mol. The Balaban J connectivity index is 2.48. The van der Waals surface area contributed by atoms with Gasteiger partial charge in [-0.15, -0.1) is 0 Å². The number of aliphatic carboxylic acids is 1. The number of carboxylic acid groups (broad SMARTS) is 1. The summed E-state index contributed by atoms with van der Waals surface area (Å²) in [6, 6.07) is 0.188. The van der Waals surface area contributed by atoms with Crippen molar-refractivity contribution < 1.29 is 14.7 Å². The molecule has 0 aromatic rings. The van der Waals surface area contributed by atoms with Crippen molar-refractivity contribution in [1.29, 1.82) is 0 Å². The smallest absolute Gasteiger partial charge is 0.304 e. The fourth-order valence-electron chi connectivity index (χ4n) is 2.53. The van der Waals surface area contributed by atoms with E-state index in [-0.39, 0.29) is 18.4 Å². The SMILES string of the molecule is CC(C)N(CCC(=O)O)CC(=O)N1CCCCCCC1. The molecule has 0 spiro atoms. The van der Waals surface area contributed by atoms with Gasteiger partial charge in [-0.1, -0.05) is 19.3 Å². The predicted molar refractivity (Wildman–Crippen MR) is 78.6 cm³/mol. The lowest BCUT2D eigenvalue weighted by Crippen LogP contribution is -2.44. The average molecular weight is 284 g/mol. The van der Waals surface area contributed by atoms with Crippen LogP contribution >= 0.6 is 0 Å². The number of carbonyl (C=O) groups excluding carboxylic acids is 1. The third kappa shape index (κ3) is 6.37. The van der Waals surface area contributed by atoms with Gasteiger partial charge in [0.05, 0.1) is 13.0 Å². The van der Waals surface area contributed by atoms with Crippen LogP contribution in [0.25, 0.3) is 0 Å². The molecule has 20 heavy (non-hydrogen) atoms. The van der Waals surface area contributed by atoms with Crippen LogP contribution in [0, 0.1) is 0 Å². The number of amides is 1. The van der Waals surface area contributed by atoms with Gasteiger partial charge in [0.25, 0.3) is 0 Å². The van der Waals surface area contributed by atoms with E-state index in [0.29, 0.717) is 13.1 Å². The Morgan fingerprint density at radius 2 is 1.65 bits per heavy atom. The molecular weight excluding hydrogens is 256 g/mol. The van der Waals surface area contributed by atoms with E-state index in [1.807, 2.05) is 23.6 Å². The lowest BCUT2D eigenvalue weighted by molar-refractivity contribution is -0.139. The van der Waals surface area contributed by atoms with Crippen LogP contribution in [0.3, 0.4) is 0 Å². The zero-order valence-electron chi connectivity index (χ0n) is 12.8. The van der Waals surface area contributed by atoms with Crippen molar-refractivity contribution in [3.63, 3.8) is 0 Å². The van der Waals surface area contributed by atoms with Crippen LogP contribution in [-0.4, -0.2) is 59.0 Å². The van der Waals surface area contributed by atoms with Gasteiger partial charge in [0.1, 0.15) is 0 Å². The molecule has 1 heterocycles. The summed E-state index contributed by atoms with van der Waals surface area (Å²) in [5, 5.41) is 8.77. The van der Waals surface area contributed by atoms with Crippen LogP contribution in [0.1, 0.15) is 52.4 Å². The first-order valence-electron chi connectivity index (χ1n) is 7.74. The quantitative estimate of drug-likeness (QED) is 0.810. The van der Waals surface area contributed by atoms with Crippen molar-refractivity contribution in [1.82, 2.24) is 9.80 Å². The number of rotatable bonds is 6. The van der Waals surface area contributed by atoms with Gasteiger partial charge in [-0.2, -0.15) is 0 Å². The Morgan fingerprint density at radius 1 is 1.10 bits per heavy atom. The fraction of sp³-hybridized carbons (Fsp3) is 0.867. The van der Waals surface area contributed by atoms with E-state index < -0.39 is 5.97 Å². The van der Waals surface area contributed by atoms with Crippen molar-refractivity contribution in [3.8, 4) is 0 Å². The Morgan fingerprint density at radius 3 is 2.15 bits per heavy atom. The van der Waals surface area contributed by atoms with Crippen LogP contribution in [0.2, 0.25) is 0 Å². The summed E-state index contributed by atoms with van der Waals surface area (Å²) in [4.78, 5) is 26.9. The van der Waals surface area contributed by atoms with Gasteiger partial charge in [-0.3, -0.25) is 14.5 Å². The highest BCUT2D eigenvalue weighted by atomic mass is 16.4. The van der Waals surface area contributed by atoms with Gasteiger partial charge in [-0.05, 0) is 26.7 Å². The summed E-state index contributed by atoms with van der Waals surface area (Å²) in [7, 11) is 0. The molecule has 1 aliphatic rings. The normalized spacial score (nSPS) is 17.1. The summed E-state index contributed by atoms with van der Waals surface area (Å²) in [5.74, 6) is -0.666. The number of carbonyl (C=O) groups is 2. The lowest BCUT2D eigenvalue weighted by Gasteiger charge is -2.30. The van der Waals surface area contributed by atoms with Crippen molar-refractivity contribution in [2.24, 2.45) is 0 Å². The first kappa shape index (κ1) is 17.0. The highest BCUT2D eigenvalue weighted by Gasteiger charge is 2.20. The minimum absolute atomic E-state index is 0.0888. The van der Waals surface area contributed by atoms with E-state index in [0.717, 1.165) is 25.9 Å². The predicted octanol–water partition coefficient (Wildman–Crippen LogP) is 1.96. The topological polar surface area (TPSA) is 60.9 Å². The van der Waals surface area contributed by atoms with Gasteiger partial charge in [0.15, 0.2) is 0 Å². The van der Waals surface area contributed by atoms with E-state index in [2.05, 4.69) is 0 Å². The minimum Gasteiger partial charge on any atom is -0.481 e. The second-order valence-corrected chi connectivity index (χ2v) is 5.86. The molecule has 5 heteroatoms. The van der Waals surface area contributed by atoms with Gasteiger partial charge in [-0.25, -0.2) is 0 Å². The Labute approximate surface area is 121 Å². The summed E-state index contributed by atoms with van der Waals surface area (Å²) >= 11 is 0. The van der Waals surface area contributed by atoms with Crippen molar-refractivity contribution in [3.05, 3.63) is 0 Å². The molecule has 5 nitrogen and oxygen atoms in total. The van der Waals surface area contributed by atoms with E-state index in [9.17, 15) is 9.59 Å². The summed E-state index contributed by atoms with van der Waals surface area (Å²) in [6.45, 7) is 6.48. The Bertz CT molecular complexity index is 310. The first-order valence-corrected chi connectivity index (χ1v) is 7.74. The second-order valence-electron chi connectivity index (χ2n) is 5.86. The molecule has 0 aliphatic carbocycles. The molecule has 0 atom stereocenters. The van der Waals surface area contributed by atoms with Gasteiger partial charge >= 0.3 is 5.97 Å². The third-order valence-electron chi connectivity index (χ3n) is 3.89. The summed E-state index contributed by atoms with van der Waals surface area (Å²) < 4.78 is 0. The van der Waals surface area contributed by atoms with Crippen molar-refractivity contribution in [2.45, 2.75) is 58.4 Å². The molecule has 1 aliphatic heterocycles. The van der Waals surface area contributed by atoms with Crippen LogP contribution in [-0.2, 0) is 9.59 Å². The Hall–Kier alpha value is -1.10. The molecule has 0 aromatic carbocycles. The minimum atomic E-state index is -0.811. The van der Waals surface area contributed by atoms with Crippen LogP contribution in [0.4, 0.5) is 0 Å². The molecule has 1 saturated heterocycles. The molecule has 1 N–H and O–H groups in total. The molecule has 1 amide bonds. The standard InChI is InChI=1S/C15H28N2O3/c1-13(2)17(11-8-15(19)20)12-14(18)16-9-6-4-3-5-7-10-16/h13H,3-12H2,1-2H3,(H,19,20). The number of hydrogen-bond donors (Lipinski definition) is 1. The molecule has 0 unspecified atom stereocenters. The Kier molecular flexibility index (Phi) is 7.59. The maximum atomic E-state index is 12.4. The van der Waals surface area contributed by atoms with Crippen molar-refractivity contribution >= 4 is 11.9 Å². The van der Waals surface area contributed by atoms with E-state index >= 15 is 0 Å². The van der Waals surface area contributed by atoms with Crippen molar-refractivity contribution in [2.75, 3.05) is 26.2 Å². The molecule has 0 bridgehead atoms. The lowest BCUT2D eigenvalue weighted by atomic mass is 10.1. The average Bonchev–Trinajstić information content (AvgIpc) is 2.33. The summed E-state index contributed by atoms with van der Waals surface area (Å²) in [6.07, 6.45) is 5.95. The molecule has 1 fully saturated rings. The maximum absolute atomic E-state index is 12.4. The van der Waals surface area contributed by atoms with Crippen LogP contribution in [0.5, 0.6) is 0 Å². The maximum Gasteiger partial charge on any atom is 0.304 e. The van der Waals surface area contributed by atoms with Crippen LogP contribution < -0.4 is 0 Å². The van der Waals surface area contributed by atoms with E-state index in [4.69, 9.17) is 5.11 Å². The highest BCUT2D eigenvalue weighted by molar-refractivity contribution is 5.78. The van der Waals surface area contributed by atoms with E-state index in [1.54, 1.807) is 0 Å². The third-order valence-corrected chi connectivity index (χ3v) is 3.89. The second kappa shape index (κ2) is 8.95. The zero-order valence-corrected chi connectivity index (χ0v) is 12.8. The number of likely N-dealkylation sites (tertiary alicyclic amines) is 1. The van der Waals surface area contributed by atoms with Crippen LogP contribution in [0.15, 0.2) is 0 Å². The molecule has 1 rings (SSSR count). The van der Waals surface area contributed by atoms with E-state index in [1.165, 1.54) is 19.3 Å². The number of nitrogens with zero attached hydrogens (tertiary/aromatic N) is 2. The van der Waals surface area contributed by atoms with Gasteiger partial charge in [0, 0.05) is 25.7 Å². The zero-order chi connectivity index (χ0) is 15.0. The molecule has 116 valence electrons. The molecule has 0 saturated carbocycles. The highest BCUT2D eigenvalue weighted by Crippen LogP contribution is 2.11. The molecule has 0 radical (unpaired) electrons. The largest absolute Gasteiger partial charge is 0.481 e. The van der Waals surface area contributed by atoms with Gasteiger partial charge < -0.3 is 10.0 Å². The number of carboxylic acids is 1. The van der Waals surface area contributed by atoms with Gasteiger partial charge in [0.2, 0.25) is 5.91 Å². The first-order chi connectivity index (χ1) is 9.50. The number of hydrogen-bond acceptors (Lipinski definition) is 3.